The number of thiocarbonyl (C=S) groups is 1. The molecule has 1 atom stereocenters. The van der Waals surface area contributed by atoms with Gasteiger partial charge in [0.15, 0.2) is 0 Å². The van der Waals surface area contributed by atoms with E-state index in [1.807, 2.05) is 13.8 Å². The molecule has 0 spiro atoms. The van der Waals surface area contributed by atoms with Crippen LogP contribution in [0.4, 0.5) is 0 Å². The number of carbonyl (C=O) groups excluding carboxylic acids is 1. The van der Waals surface area contributed by atoms with Crippen LogP contribution in [0.25, 0.3) is 0 Å². The van der Waals surface area contributed by atoms with E-state index >= 15 is 0 Å². The second-order valence-electron chi connectivity index (χ2n) is 3.95. The summed E-state index contributed by atoms with van der Waals surface area (Å²) in [6.45, 7) is 3.86. The molecule has 1 rings (SSSR count). The zero-order valence-corrected chi connectivity index (χ0v) is 11.2. The van der Waals surface area contributed by atoms with Gasteiger partial charge >= 0.3 is 0 Å². The topological polar surface area (TPSA) is 68.0 Å². The molecule has 4 nitrogen and oxygen atoms in total. The molecule has 17 heavy (non-hydrogen) atoms. The molecule has 0 bridgehead atoms. The molecule has 0 fully saturated rings. The summed E-state index contributed by atoms with van der Waals surface area (Å²) in [5, 5.41) is 3.06. The van der Waals surface area contributed by atoms with Gasteiger partial charge in [-0.05, 0) is 12.0 Å². The number of pyridine rings is 1. The summed E-state index contributed by atoms with van der Waals surface area (Å²) in [4.78, 5) is 16.0. The van der Waals surface area contributed by atoms with Crippen LogP contribution < -0.4 is 11.1 Å². The lowest BCUT2D eigenvalue weighted by Crippen LogP contribution is -2.46. The second-order valence-corrected chi connectivity index (χ2v) is 4.83. The number of amides is 1. The van der Waals surface area contributed by atoms with Gasteiger partial charge in [-0.15, -0.1) is 0 Å². The highest BCUT2D eigenvalue weighted by molar-refractivity contribution is 7.80. The maximum absolute atomic E-state index is 11.9. The first-order chi connectivity index (χ1) is 7.93. The van der Waals surface area contributed by atoms with E-state index in [2.05, 4.69) is 10.3 Å². The minimum atomic E-state index is -0.346. The summed E-state index contributed by atoms with van der Waals surface area (Å²) in [5.41, 5.74) is 5.94. The minimum absolute atomic E-state index is 0.122. The monoisotopic (exact) mass is 271 g/mol. The fourth-order valence-electron chi connectivity index (χ4n) is 1.34. The zero-order chi connectivity index (χ0) is 13.0. The molecule has 0 radical (unpaired) electrons. The highest BCUT2D eigenvalue weighted by atomic mass is 35.5. The van der Waals surface area contributed by atoms with Gasteiger partial charge in [0.2, 0.25) is 0 Å². The maximum atomic E-state index is 11.9. The lowest BCUT2D eigenvalue weighted by Gasteiger charge is -2.21. The number of hydrogen-bond acceptors (Lipinski definition) is 3. The van der Waals surface area contributed by atoms with Crippen LogP contribution in [0.2, 0.25) is 5.02 Å². The SMILES string of the molecule is CC(C)C(NC(=O)c1ccncc1Cl)C(N)=S. The Hall–Kier alpha value is -1.20. The van der Waals surface area contributed by atoms with Crippen molar-refractivity contribution in [3.05, 3.63) is 29.0 Å². The van der Waals surface area contributed by atoms with Crippen LogP contribution in [0.15, 0.2) is 18.5 Å². The van der Waals surface area contributed by atoms with E-state index in [0.29, 0.717) is 10.6 Å². The third kappa shape index (κ3) is 3.64. The number of nitrogens with zero attached hydrogens (tertiary/aromatic N) is 1. The van der Waals surface area contributed by atoms with Gasteiger partial charge in [0.05, 0.1) is 21.6 Å². The van der Waals surface area contributed by atoms with Crippen molar-refractivity contribution >= 4 is 34.7 Å². The molecular weight excluding hydrogens is 258 g/mol. The predicted octanol–water partition coefficient (Wildman–Crippen LogP) is 1.78. The van der Waals surface area contributed by atoms with Crippen molar-refractivity contribution in [2.45, 2.75) is 19.9 Å². The lowest BCUT2D eigenvalue weighted by molar-refractivity contribution is 0.0940. The van der Waals surface area contributed by atoms with E-state index in [1.165, 1.54) is 12.4 Å². The number of nitrogens with one attached hydrogen (secondary N) is 1. The van der Waals surface area contributed by atoms with Crippen molar-refractivity contribution in [3.8, 4) is 0 Å². The average Bonchev–Trinajstić information content (AvgIpc) is 2.25. The molecule has 1 heterocycles. The van der Waals surface area contributed by atoms with Crippen LogP contribution in [-0.4, -0.2) is 21.9 Å². The quantitative estimate of drug-likeness (QED) is 0.819. The first-order valence-electron chi connectivity index (χ1n) is 5.13. The molecule has 0 aliphatic carbocycles. The van der Waals surface area contributed by atoms with E-state index in [-0.39, 0.29) is 22.9 Å². The Labute approximate surface area is 111 Å². The smallest absolute Gasteiger partial charge is 0.253 e. The number of halogens is 1. The lowest BCUT2D eigenvalue weighted by atomic mass is 10.0. The fraction of sp³-hybridized carbons (Fsp3) is 0.364. The van der Waals surface area contributed by atoms with Gasteiger partial charge in [-0.25, -0.2) is 0 Å². The van der Waals surface area contributed by atoms with Gasteiger partial charge in [0.1, 0.15) is 0 Å². The van der Waals surface area contributed by atoms with Gasteiger partial charge in [0.25, 0.3) is 5.91 Å². The molecule has 0 aromatic carbocycles. The highest BCUT2D eigenvalue weighted by Gasteiger charge is 2.20. The van der Waals surface area contributed by atoms with Crippen molar-refractivity contribution in [1.82, 2.24) is 10.3 Å². The Bertz CT molecular complexity index is 436. The summed E-state index contributed by atoms with van der Waals surface area (Å²) >= 11 is 10.8. The molecule has 1 amide bonds. The van der Waals surface area contributed by atoms with Crippen molar-refractivity contribution in [2.24, 2.45) is 11.7 Å². The first kappa shape index (κ1) is 13.9. The molecule has 6 heteroatoms. The Balaban J connectivity index is 2.85. The summed E-state index contributed by atoms with van der Waals surface area (Å²) < 4.78 is 0. The molecule has 0 saturated heterocycles. The molecular formula is C11H14ClN3OS. The third-order valence-corrected chi connectivity index (χ3v) is 2.83. The Morgan fingerprint density at radius 2 is 2.24 bits per heavy atom. The predicted molar refractivity (Wildman–Crippen MR) is 72.1 cm³/mol. The summed E-state index contributed by atoms with van der Waals surface area (Å²) in [7, 11) is 0. The van der Waals surface area contributed by atoms with Gasteiger partial charge in [0, 0.05) is 12.4 Å². The molecule has 0 saturated carbocycles. The molecule has 1 unspecified atom stereocenters. The maximum Gasteiger partial charge on any atom is 0.253 e. The van der Waals surface area contributed by atoms with E-state index in [0.717, 1.165) is 0 Å². The number of rotatable bonds is 4. The summed E-state index contributed by atoms with van der Waals surface area (Å²) in [5.74, 6) is -0.180. The standard InChI is InChI=1S/C11H14ClN3OS/c1-6(2)9(10(13)17)15-11(16)7-3-4-14-5-8(7)12/h3-6,9H,1-2H3,(H2,13,17)(H,15,16). The molecule has 1 aromatic heterocycles. The zero-order valence-electron chi connectivity index (χ0n) is 9.61. The second kappa shape index (κ2) is 5.93. The van der Waals surface area contributed by atoms with Crippen LogP contribution in [0.1, 0.15) is 24.2 Å². The van der Waals surface area contributed by atoms with Crippen LogP contribution >= 0.6 is 23.8 Å². The Kier molecular flexibility index (Phi) is 4.84. The molecule has 0 aliphatic heterocycles. The van der Waals surface area contributed by atoms with Gasteiger partial charge in [-0.2, -0.15) is 0 Å². The van der Waals surface area contributed by atoms with Crippen molar-refractivity contribution in [2.75, 3.05) is 0 Å². The number of carbonyl (C=O) groups is 1. The number of nitrogens with two attached hydrogens (primary N) is 1. The van der Waals surface area contributed by atoms with E-state index in [4.69, 9.17) is 29.6 Å². The van der Waals surface area contributed by atoms with E-state index in [1.54, 1.807) is 6.07 Å². The first-order valence-corrected chi connectivity index (χ1v) is 5.91. The number of hydrogen-bond donors (Lipinski definition) is 2. The van der Waals surface area contributed by atoms with Crippen LogP contribution in [0.5, 0.6) is 0 Å². The Morgan fingerprint density at radius 3 is 2.71 bits per heavy atom. The third-order valence-electron chi connectivity index (χ3n) is 2.28. The average molecular weight is 272 g/mol. The van der Waals surface area contributed by atoms with Crippen molar-refractivity contribution in [3.63, 3.8) is 0 Å². The molecule has 92 valence electrons. The molecule has 0 aliphatic rings. The van der Waals surface area contributed by atoms with Gasteiger partial charge < -0.3 is 11.1 Å². The summed E-state index contributed by atoms with van der Waals surface area (Å²) in [6.07, 6.45) is 2.92. The largest absolute Gasteiger partial charge is 0.392 e. The van der Waals surface area contributed by atoms with Gasteiger partial charge in [-0.3, -0.25) is 9.78 Å². The van der Waals surface area contributed by atoms with Crippen molar-refractivity contribution < 1.29 is 4.79 Å². The molecule has 1 aromatic rings. The van der Waals surface area contributed by atoms with Crippen LogP contribution in [0.3, 0.4) is 0 Å². The minimum Gasteiger partial charge on any atom is -0.392 e. The number of aromatic nitrogens is 1. The normalized spacial score (nSPS) is 12.2. The molecule has 3 N–H and O–H groups in total. The van der Waals surface area contributed by atoms with E-state index in [9.17, 15) is 4.79 Å². The van der Waals surface area contributed by atoms with Crippen LogP contribution in [0, 0.1) is 5.92 Å². The Morgan fingerprint density at radius 1 is 1.59 bits per heavy atom. The fourth-order valence-corrected chi connectivity index (χ4v) is 1.88. The highest BCUT2D eigenvalue weighted by Crippen LogP contribution is 2.14. The van der Waals surface area contributed by atoms with Crippen LogP contribution in [-0.2, 0) is 0 Å². The van der Waals surface area contributed by atoms with Gasteiger partial charge in [-0.1, -0.05) is 37.7 Å². The van der Waals surface area contributed by atoms with Crippen molar-refractivity contribution in [1.29, 1.82) is 0 Å². The van der Waals surface area contributed by atoms with E-state index < -0.39 is 0 Å². The summed E-state index contributed by atoms with van der Waals surface area (Å²) in [6, 6.07) is 1.20.